The van der Waals surface area contributed by atoms with Gasteiger partial charge in [-0.3, -0.25) is 0 Å². The monoisotopic (exact) mass is 253 g/mol. The highest BCUT2D eigenvalue weighted by Crippen LogP contribution is 2.36. The first-order valence-corrected chi connectivity index (χ1v) is 6.89. The number of hydrogen-bond acceptors (Lipinski definition) is 3. The van der Waals surface area contributed by atoms with E-state index in [1.54, 1.807) is 4.52 Å². The Hall–Kier alpha value is -0.740. The lowest BCUT2D eigenvalue weighted by Gasteiger charge is -2.17. The zero-order chi connectivity index (χ0) is 11.0. The maximum atomic E-state index is 6.08. The lowest BCUT2D eigenvalue weighted by molar-refractivity contribution is 0.661. The van der Waals surface area contributed by atoms with E-state index in [1.165, 1.54) is 25.0 Å². The molecule has 0 aliphatic carbocycles. The molecule has 3 rings (SSSR count). The van der Waals surface area contributed by atoms with E-state index >= 15 is 0 Å². The van der Waals surface area contributed by atoms with Gasteiger partial charge in [0.15, 0.2) is 11.5 Å². The summed E-state index contributed by atoms with van der Waals surface area (Å²) in [7, 11) is 0. The Balaban J connectivity index is 2.01. The van der Waals surface area contributed by atoms with E-state index in [1.807, 2.05) is 30.1 Å². The molecule has 0 aromatic carbocycles. The Morgan fingerprint density at radius 2 is 2.38 bits per heavy atom. The van der Waals surface area contributed by atoms with Crippen LogP contribution >= 0.6 is 23.4 Å². The third-order valence-electron chi connectivity index (χ3n) is 2.80. The van der Waals surface area contributed by atoms with Crippen LogP contribution in [0, 0.1) is 0 Å². The second kappa shape index (κ2) is 4.26. The number of fused-ring (bicyclic) bond motifs is 1. The van der Waals surface area contributed by atoms with Crippen LogP contribution in [-0.2, 0) is 0 Å². The number of nitrogens with zero attached hydrogens (tertiary/aromatic N) is 3. The predicted octanol–water partition coefficient (Wildman–Crippen LogP) is 3.34. The van der Waals surface area contributed by atoms with Crippen molar-refractivity contribution in [1.82, 2.24) is 14.6 Å². The number of thioether (sulfide) groups is 1. The average molecular weight is 254 g/mol. The molecule has 3 nitrogen and oxygen atoms in total. The maximum Gasteiger partial charge on any atom is 0.174 e. The molecule has 0 N–H and O–H groups in total. The quantitative estimate of drug-likeness (QED) is 0.781. The lowest BCUT2D eigenvalue weighted by Crippen LogP contribution is -2.04. The molecule has 0 spiro atoms. The standard InChI is InChI=1S/C11H12ClN3S/c12-8-4-3-6-15-11(8)13-10(14-15)9-5-1-2-7-16-9/h3-4,6,9H,1-2,5,7H2. The third kappa shape index (κ3) is 1.80. The smallest absolute Gasteiger partial charge is 0.174 e. The van der Waals surface area contributed by atoms with Crippen LogP contribution in [0.3, 0.4) is 0 Å². The van der Waals surface area contributed by atoms with Gasteiger partial charge in [-0.2, -0.15) is 16.9 Å². The van der Waals surface area contributed by atoms with Gasteiger partial charge in [-0.1, -0.05) is 18.0 Å². The zero-order valence-electron chi connectivity index (χ0n) is 8.77. The fraction of sp³-hybridized carbons (Fsp3) is 0.455. The normalized spacial score (nSPS) is 21.4. The minimum atomic E-state index is 0.449. The van der Waals surface area contributed by atoms with Gasteiger partial charge in [0, 0.05) is 6.20 Å². The molecule has 1 atom stereocenters. The number of pyridine rings is 1. The van der Waals surface area contributed by atoms with Crippen LogP contribution in [0.1, 0.15) is 30.3 Å². The van der Waals surface area contributed by atoms with Crippen LogP contribution < -0.4 is 0 Å². The van der Waals surface area contributed by atoms with Crippen LogP contribution in [0.4, 0.5) is 0 Å². The molecule has 84 valence electrons. The SMILES string of the molecule is Clc1cccn2nc(C3CCCCS3)nc12. The van der Waals surface area contributed by atoms with Crippen molar-refractivity contribution in [1.29, 1.82) is 0 Å². The van der Waals surface area contributed by atoms with Gasteiger partial charge in [0.25, 0.3) is 0 Å². The molecule has 16 heavy (non-hydrogen) atoms. The van der Waals surface area contributed by atoms with Crippen LogP contribution in [0.2, 0.25) is 5.02 Å². The second-order valence-electron chi connectivity index (χ2n) is 3.95. The number of hydrogen-bond donors (Lipinski definition) is 0. The minimum absolute atomic E-state index is 0.449. The number of halogens is 1. The second-order valence-corrected chi connectivity index (χ2v) is 5.67. The van der Waals surface area contributed by atoms with E-state index in [0.29, 0.717) is 10.3 Å². The van der Waals surface area contributed by atoms with Crippen molar-refractivity contribution in [2.75, 3.05) is 5.75 Å². The van der Waals surface area contributed by atoms with E-state index < -0.39 is 0 Å². The summed E-state index contributed by atoms with van der Waals surface area (Å²) in [5.41, 5.74) is 0.769. The van der Waals surface area contributed by atoms with E-state index in [2.05, 4.69) is 10.1 Å². The van der Waals surface area contributed by atoms with Crippen molar-refractivity contribution in [3.63, 3.8) is 0 Å². The van der Waals surface area contributed by atoms with Gasteiger partial charge in [-0.15, -0.1) is 0 Å². The van der Waals surface area contributed by atoms with E-state index in [-0.39, 0.29) is 0 Å². The molecule has 2 aromatic rings. The summed E-state index contributed by atoms with van der Waals surface area (Å²) in [4.78, 5) is 4.54. The van der Waals surface area contributed by atoms with Crippen molar-refractivity contribution >= 4 is 29.0 Å². The van der Waals surface area contributed by atoms with Crippen molar-refractivity contribution in [2.24, 2.45) is 0 Å². The first kappa shape index (κ1) is 10.4. The number of aromatic nitrogens is 3. The molecule has 1 aliphatic heterocycles. The lowest BCUT2D eigenvalue weighted by atomic mass is 10.2. The van der Waals surface area contributed by atoms with Gasteiger partial charge in [0.05, 0.1) is 10.3 Å². The Bertz CT molecular complexity index is 505. The molecule has 1 unspecified atom stereocenters. The van der Waals surface area contributed by atoms with E-state index in [4.69, 9.17) is 11.6 Å². The zero-order valence-corrected chi connectivity index (χ0v) is 10.3. The fourth-order valence-electron chi connectivity index (χ4n) is 1.97. The van der Waals surface area contributed by atoms with Gasteiger partial charge in [0.2, 0.25) is 0 Å². The molecule has 1 saturated heterocycles. The number of rotatable bonds is 1. The average Bonchev–Trinajstić information content (AvgIpc) is 2.76. The highest BCUT2D eigenvalue weighted by molar-refractivity contribution is 7.99. The summed E-state index contributed by atoms with van der Waals surface area (Å²) in [6, 6.07) is 3.74. The van der Waals surface area contributed by atoms with Gasteiger partial charge in [0.1, 0.15) is 0 Å². The van der Waals surface area contributed by atoms with Gasteiger partial charge in [-0.05, 0) is 30.7 Å². The van der Waals surface area contributed by atoms with Crippen molar-refractivity contribution in [2.45, 2.75) is 24.5 Å². The summed E-state index contributed by atoms with van der Waals surface area (Å²) < 4.78 is 1.77. The van der Waals surface area contributed by atoms with Crippen LogP contribution in [0.15, 0.2) is 18.3 Å². The highest BCUT2D eigenvalue weighted by atomic mass is 35.5. The first-order chi connectivity index (χ1) is 7.84. The summed E-state index contributed by atoms with van der Waals surface area (Å²) in [5, 5.41) is 5.61. The molecule has 2 aromatic heterocycles. The molecule has 3 heterocycles. The van der Waals surface area contributed by atoms with Crippen molar-refractivity contribution < 1.29 is 0 Å². The maximum absolute atomic E-state index is 6.08. The molecule has 0 saturated carbocycles. The molecule has 1 aliphatic rings. The highest BCUT2D eigenvalue weighted by Gasteiger charge is 2.20. The molecule has 1 fully saturated rings. The summed E-state index contributed by atoms with van der Waals surface area (Å²) in [6.07, 6.45) is 5.67. The minimum Gasteiger partial charge on any atom is -0.219 e. The van der Waals surface area contributed by atoms with E-state index in [9.17, 15) is 0 Å². The molecule has 0 radical (unpaired) electrons. The largest absolute Gasteiger partial charge is 0.219 e. The van der Waals surface area contributed by atoms with Crippen molar-refractivity contribution in [3.8, 4) is 0 Å². The molecular weight excluding hydrogens is 242 g/mol. The van der Waals surface area contributed by atoms with E-state index in [0.717, 1.165) is 11.5 Å². The van der Waals surface area contributed by atoms with Gasteiger partial charge in [-0.25, -0.2) is 9.50 Å². The van der Waals surface area contributed by atoms with Crippen LogP contribution in [0.25, 0.3) is 5.65 Å². The Kier molecular flexibility index (Phi) is 2.77. The molecule has 5 heteroatoms. The Labute approximate surface area is 103 Å². The molecule has 0 amide bonds. The summed E-state index contributed by atoms with van der Waals surface area (Å²) >= 11 is 8.04. The Morgan fingerprint density at radius 3 is 3.12 bits per heavy atom. The Morgan fingerprint density at radius 1 is 1.44 bits per heavy atom. The molecule has 0 bridgehead atoms. The van der Waals surface area contributed by atoms with Crippen LogP contribution in [-0.4, -0.2) is 20.4 Å². The fourth-order valence-corrected chi connectivity index (χ4v) is 3.41. The summed E-state index contributed by atoms with van der Waals surface area (Å²) in [6.45, 7) is 0. The van der Waals surface area contributed by atoms with Crippen molar-refractivity contribution in [3.05, 3.63) is 29.2 Å². The molecular formula is C11H12ClN3S. The van der Waals surface area contributed by atoms with Gasteiger partial charge < -0.3 is 0 Å². The first-order valence-electron chi connectivity index (χ1n) is 5.47. The third-order valence-corrected chi connectivity index (χ3v) is 4.47. The van der Waals surface area contributed by atoms with Crippen LogP contribution in [0.5, 0.6) is 0 Å². The topological polar surface area (TPSA) is 30.2 Å². The predicted molar refractivity (Wildman–Crippen MR) is 67.0 cm³/mol. The summed E-state index contributed by atoms with van der Waals surface area (Å²) in [5.74, 6) is 2.14. The van der Waals surface area contributed by atoms with Gasteiger partial charge >= 0.3 is 0 Å².